The van der Waals surface area contributed by atoms with Crippen LogP contribution in [-0.2, 0) is 13.1 Å². The molecule has 0 saturated carbocycles. The van der Waals surface area contributed by atoms with Crippen molar-refractivity contribution in [1.82, 2.24) is 5.32 Å². The quantitative estimate of drug-likeness (QED) is 0.874. The monoisotopic (exact) mass is 281 g/mol. The van der Waals surface area contributed by atoms with E-state index >= 15 is 0 Å². The average molecular weight is 281 g/mol. The van der Waals surface area contributed by atoms with Gasteiger partial charge in [-0.25, -0.2) is 0 Å². The number of nitrogens with one attached hydrogen (secondary N) is 1. The number of hydrogen-bond acceptors (Lipinski definition) is 3. The van der Waals surface area contributed by atoms with Gasteiger partial charge in [-0.15, -0.1) is 0 Å². The third-order valence-corrected chi connectivity index (χ3v) is 2.94. The number of benzene rings is 1. The largest absolute Gasteiger partial charge is 0.468 e. The smallest absolute Gasteiger partial charge is 0.387 e. The van der Waals surface area contributed by atoms with Crippen LogP contribution in [-0.4, -0.2) is 6.61 Å². The third kappa shape index (κ3) is 3.81. The first kappa shape index (κ1) is 14.5. The fraction of sp³-hybridized carbons (Fsp3) is 0.333. The van der Waals surface area contributed by atoms with Crippen LogP contribution < -0.4 is 10.1 Å². The van der Waals surface area contributed by atoms with Gasteiger partial charge in [0.1, 0.15) is 11.5 Å². The molecule has 1 N–H and O–H groups in total. The topological polar surface area (TPSA) is 34.4 Å². The normalized spacial score (nSPS) is 11.1. The van der Waals surface area contributed by atoms with Crippen LogP contribution in [0.2, 0.25) is 0 Å². The van der Waals surface area contributed by atoms with E-state index in [1.807, 2.05) is 24.3 Å². The fourth-order valence-electron chi connectivity index (χ4n) is 2.16. The van der Waals surface area contributed by atoms with Gasteiger partial charge < -0.3 is 14.5 Å². The van der Waals surface area contributed by atoms with E-state index in [1.165, 1.54) is 0 Å². The van der Waals surface area contributed by atoms with E-state index in [4.69, 9.17) is 4.42 Å². The van der Waals surface area contributed by atoms with Gasteiger partial charge in [0, 0.05) is 6.54 Å². The minimum absolute atomic E-state index is 0.259. The average Bonchev–Trinajstić information content (AvgIpc) is 2.87. The molecule has 1 heterocycles. The number of furan rings is 1. The van der Waals surface area contributed by atoms with Gasteiger partial charge in [-0.1, -0.05) is 12.1 Å². The molecule has 0 aliphatic rings. The van der Waals surface area contributed by atoms with Crippen molar-refractivity contribution in [2.75, 3.05) is 0 Å². The second kappa shape index (κ2) is 6.52. The van der Waals surface area contributed by atoms with Gasteiger partial charge in [-0.05, 0) is 42.7 Å². The second-order valence-electron chi connectivity index (χ2n) is 4.62. The Kier molecular flexibility index (Phi) is 4.74. The highest BCUT2D eigenvalue weighted by atomic mass is 19.3. The van der Waals surface area contributed by atoms with Crippen LogP contribution >= 0.6 is 0 Å². The SMILES string of the molecule is Cc1cc(CNCc2ccco2)cc(C)c1OC(F)F. The molecule has 0 aliphatic heterocycles. The summed E-state index contributed by atoms with van der Waals surface area (Å²) >= 11 is 0. The molecular formula is C15H17F2NO2. The predicted octanol–water partition coefficient (Wildman–Crippen LogP) is 3.79. The van der Waals surface area contributed by atoms with Gasteiger partial charge in [-0.3, -0.25) is 0 Å². The Morgan fingerprint density at radius 1 is 1.20 bits per heavy atom. The van der Waals surface area contributed by atoms with Crippen molar-refractivity contribution in [1.29, 1.82) is 0 Å². The molecule has 2 rings (SSSR count). The molecule has 0 aliphatic carbocycles. The molecule has 2 aromatic rings. The molecule has 108 valence electrons. The number of aryl methyl sites for hydroxylation is 2. The zero-order chi connectivity index (χ0) is 14.5. The number of halogens is 2. The van der Waals surface area contributed by atoms with E-state index in [1.54, 1.807) is 20.1 Å². The minimum Gasteiger partial charge on any atom is -0.468 e. The molecule has 0 fully saturated rings. The molecule has 0 atom stereocenters. The summed E-state index contributed by atoms with van der Waals surface area (Å²) in [6.07, 6.45) is 1.63. The van der Waals surface area contributed by atoms with Gasteiger partial charge in [0.25, 0.3) is 0 Å². The van der Waals surface area contributed by atoms with Crippen molar-refractivity contribution in [2.45, 2.75) is 33.5 Å². The van der Waals surface area contributed by atoms with Crippen molar-refractivity contribution in [3.05, 3.63) is 53.0 Å². The molecule has 0 amide bonds. The van der Waals surface area contributed by atoms with E-state index in [0.29, 0.717) is 24.2 Å². The van der Waals surface area contributed by atoms with Crippen molar-refractivity contribution in [2.24, 2.45) is 0 Å². The Bertz CT molecular complexity index is 530. The van der Waals surface area contributed by atoms with Crippen molar-refractivity contribution >= 4 is 0 Å². The Balaban J connectivity index is 1.99. The van der Waals surface area contributed by atoms with Gasteiger partial charge >= 0.3 is 6.61 Å². The molecule has 0 spiro atoms. The van der Waals surface area contributed by atoms with Crippen molar-refractivity contribution in [3.63, 3.8) is 0 Å². The first-order valence-corrected chi connectivity index (χ1v) is 6.34. The van der Waals surface area contributed by atoms with E-state index in [-0.39, 0.29) is 5.75 Å². The molecule has 5 heteroatoms. The van der Waals surface area contributed by atoms with Crippen LogP contribution in [0.5, 0.6) is 5.75 Å². The Morgan fingerprint density at radius 2 is 1.90 bits per heavy atom. The predicted molar refractivity (Wildman–Crippen MR) is 71.8 cm³/mol. The summed E-state index contributed by atoms with van der Waals surface area (Å²) in [6, 6.07) is 7.42. The van der Waals surface area contributed by atoms with Crippen LogP contribution in [0, 0.1) is 13.8 Å². The van der Waals surface area contributed by atoms with Crippen LogP contribution in [0.15, 0.2) is 34.9 Å². The summed E-state index contributed by atoms with van der Waals surface area (Å²) in [4.78, 5) is 0. The third-order valence-electron chi connectivity index (χ3n) is 2.94. The number of hydrogen-bond donors (Lipinski definition) is 1. The van der Waals surface area contributed by atoms with Gasteiger partial charge in [0.2, 0.25) is 0 Å². The van der Waals surface area contributed by atoms with Crippen LogP contribution in [0.25, 0.3) is 0 Å². The Hall–Kier alpha value is -1.88. The van der Waals surface area contributed by atoms with E-state index in [2.05, 4.69) is 10.1 Å². The highest BCUT2D eigenvalue weighted by Crippen LogP contribution is 2.26. The molecule has 1 aromatic carbocycles. The van der Waals surface area contributed by atoms with Crippen molar-refractivity contribution < 1.29 is 17.9 Å². The van der Waals surface area contributed by atoms with Crippen LogP contribution in [0.1, 0.15) is 22.5 Å². The summed E-state index contributed by atoms with van der Waals surface area (Å²) in [6.45, 7) is 1.99. The molecule has 20 heavy (non-hydrogen) atoms. The molecule has 3 nitrogen and oxygen atoms in total. The molecule has 0 radical (unpaired) electrons. The lowest BCUT2D eigenvalue weighted by Gasteiger charge is -2.13. The second-order valence-corrected chi connectivity index (χ2v) is 4.62. The highest BCUT2D eigenvalue weighted by molar-refractivity contribution is 5.43. The van der Waals surface area contributed by atoms with Crippen LogP contribution in [0.4, 0.5) is 8.78 Å². The number of alkyl halides is 2. The zero-order valence-corrected chi connectivity index (χ0v) is 11.5. The maximum atomic E-state index is 12.3. The Morgan fingerprint density at radius 3 is 2.45 bits per heavy atom. The van der Waals surface area contributed by atoms with Gasteiger partial charge in [0.05, 0.1) is 12.8 Å². The van der Waals surface area contributed by atoms with E-state index in [9.17, 15) is 8.78 Å². The lowest BCUT2D eigenvalue weighted by molar-refractivity contribution is -0.0507. The van der Waals surface area contributed by atoms with E-state index in [0.717, 1.165) is 11.3 Å². The highest BCUT2D eigenvalue weighted by Gasteiger charge is 2.11. The fourth-order valence-corrected chi connectivity index (χ4v) is 2.16. The van der Waals surface area contributed by atoms with Crippen molar-refractivity contribution in [3.8, 4) is 5.75 Å². The standard InChI is InChI=1S/C15H17F2NO2/c1-10-6-12(7-11(2)14(10)20-15(16)17)8-18-9-13-4-3-5-19-13/h3-7,15,18H,8-9H2,1-2H3. The lowest BCUT2D eigenvalue weighted by Crippen LogP contribution is -2.13. The first-order valence-electron chi connectivity index (χ1n) is 6.34. The summed E-state index contributed by atoms with van der Waals surface area (Å²) in [5, 5.41) is 3.24. The lowest BCUT2D eigenvalue weighted by atomic mass is 10.1. The number of rotatable bonds is 6. The van der Waals surface area contributed by atoms with Crippen LogP contribution in [0.3, 0.4) is 0 Å². The van der Waals surface area contributed by atoms with Gasteiger partial charge in [0.15, 0.2) is 0 Å². The zero-order valence-electron chi connectivity index (χ0n) is 11.5. The Labute approximate surface area is 116 Å². The summed E-state index contributed by atoms with van der Waals surface area (Å²) in [5.41, 5.74) is 2.44. The maximum Gasteiger partial charge on any atom is 0.387 e. The molecule has 0 saturated heterocycles. The summed E-state index contributed by atoms with van der Waals surface area (Å²) in [5.74, 6) is 1.12. The first-order chi connectivity index (χ1) is 9.56. The molecular weight excluding hydrogens is 264 g/mol. The maximum absolute atomic E-state index is 12.3. The molecule has 0 bridgehead atoms. The van der Waals surface area contributed by atoms with E-state index < -0.39 is 6.61 Å². The molecule has 1 aromatic heterocycles. The molecule has 0 unspecified atom stereocenters. The summed E-state index contributed by atoms with van der Waals surface area (Å²) < 4.78 is 34.3. The number of ether oxygens (including phenoxy) is 1. The minimum atomic E-state index is -2.80. The van der Waals surface area contributed by atoms with Gasteiger partial charge in [-0.2, -0.15) is 8.78 Å². The summed E-state index contributed by atoms with van der Waals surface area (Å²) in [7, 11) is 0.